The molecule has 1 aromatic carbocycles. The minimum atomic E-state index is -4.90. The molecule has 2 N–H and O–H groups in total. The van der Waals surface area contributed by atoms with Crippen molar-refractivity contribution in [2.24, 2.45) is 0 Å². The number of alkyl halides is 3. The molecule has 1 heterocycles. The number of nitrogens with one attached hydrogen (secondary N) is 2. The zero-order chi connectivity index (χ0) is 16.3. The lowest BCUT2D eigenvalue weighted by molar-refractivity contribution is -0.165. The molecule has 0 spiro atoms. The number of anilines is 2. The number of allylic oxidation sites excluding steroid dienone is 1. The smallest absolute Gasteiger partial charge is 0.450 e. The van der Waals surface area contributed by atoms with E-state index in [9.17, 15) is 22.8 Å². The molecule has 2 rings (SSSR count). The topological polar surface area (TPSA) is 67.4 Å². The normalized spacial score (nSPS) is 15.2. The first-order valence-electron chi connectivity index (χ1n) is 6.15. The Balaban J connectivity index is 2.10. The highest BCUT2D eigenvalue weighted by molar-refractivity contribution is 8.03. The number of carbonyl (C=O) groups excluding carboxylic acids is 2. The Bertz CT molecular complexity index is 644. The summed E-state index contributed by atoms with van der Waals surface area (Å²) in [6, 6.07) is 4.73. The number of benzene rings is 1. The summed E-state index contributed by atoms with van der Waals surface area (Å²) < 4.78 is 41.4. The van der Waals surface area contributed by atoms with Crippen LogP contribution in [0.1, 0.15) is 6.92 Å². The monoisotopic (exact) mass is 332 g/mol. The van der Waals surface area contributed by atoms with Crippen molar-refractivity contribution in [2.75, 3.05) is 17.2 Å². The summed E-state index contributed by atoms with van der Waals surface area (Å²) in [5, 5.41) is 5.26. The van der Waals surface area contributed by atoms with Gasteiger partial charge in [0.05, 0.1) is 17.3 Å². The molecule has 0 bridgehead atoms. The van der Waals surface area contributed by atoms with Crippen LogP contribution in [0.25, 0.3) is 0 Å². The van der Waals surface area contributed by atoms with Crippen LogP contribution < -0.4 is 10.6 Å². The second-order valence-corrected chi connectivity index (χ2v) is 5.24. The van der Waals surface area contributed by atoms with Crippen LogP contribution in [0, 0.1) is 0 Å². The van der Waals surface area contributed by atoms with Crippen molar-refractivity contribution in [1.82, 2.24) is 0 Å². The lowest BCUT2D eigenvalue weighted by Crippen LogP contribution is -2.20. The number of rotatable bonds is 3. The molecule has 5 nitrogen and oxygen atoms in total. The van der Waals surface area contributed by atoms with E-state index in [1.54, 1.807) is 25.1 Å². The Morgan fingerprint density at radius 3 is 2.77 bits per heavy atom. The first-order chi connectivity index (χ1) is 10.3. The van der Waals surface area contributed by atoms with Crippen molar-refractivity contribution in [1.29, 1.82) is 0 Å². The molecule has 0 aliphatic carbocycles. The Morgan fingerprint density at radius 1 is 1.41 bits per heavy atom. The Kier molecular flexibility index (Phi) is 4.65. The number of carbonyl (C=O) groups is 2. The highest BCUT2D eigenvalue weighted by atomic mass is 32.2. The second kappa shape index (κ2) is 6.30. The van der Waals surface area contributed by atoms with Gasteiger partial charge in [0.25, 0.3) is 5.78 Å². The van der Waals surface area contributed by atoms with Crippen LogP contribution in [0.15, 0.2) is 34.2 Å². The van der Waals surface area contributed by atoms with Crippen LogP contribution in [0.3, 0.4) is 0 Å². The SMILES string of the molecule is CCOC(=O)Nc1ccc2c(c1)S/C(=C/C(=O)C(F)(F)F)N2. The standard InChI is InChI=1S/C13H11F3N2O3S/c1-2-21-12(20)17-7-3-4-8-9(5-7)22-11(18-8)6-10(19)13(14,15)16/h3-6,18H,2H2,1H3,(H,17,20)/b11-6+. The highest BCUT2D eigenvalue weighted by Gasteiger charge is 2.37. The van der Waals surface area contributed by atoms with E-state index >= 15 is 0 Å². The van der Waals surface area contributed by atoms with Crippen LogP contribution in [0.2, 0.25) is 0 Å². The predicted molar refractivity (Wildman–Crippen MR) is 75.7 cm³/mol. The van der Waals surface area contributed by atoms with Crippen LogP contribution in [-0.4, -0.2) is 24.7 Å². The van der Waals surface area contributed by atoms with Crippen LogP contribution in [-0.2, 0) is 9.53 Å². The lowest BCUT2D eigenvalue weighted by atomic mass is 10.3. The fourth-order valence-corrected chi connectivity index (χ4v) is 2.59. The van der Waals surface area contributed by atoms with Gasteiger partial charge in [0.15, 0.2) is 0 Å². The zero-order valence-corrected chi connectivity index (χ0v) is 12.1. The van der Waals surface area contributed by atoms with Crippen molar-refractivity contribution < 1.29 is 27.5 Å². The molecule has 1 amide bonds. The molecule has 0 atom stereocenters. The molecule has 1 aliphatic heterocycles. The van der Waals surface area contributed by atoms with Gasteiger partial charge in [0.2, 0.25) is 0 Å². The van der Waals surface area contributed by atoms with Crippen molar-refractivity contribution in [3.63, 3.8) is 0 Å². The number of hydrogen-bond donors (Lipinski definition) is 2. The fraction of sp³-hybridized carbons (Fsp3) is 0.231. The van der Waals surface area contributed by atoms with Gasteiger partial charge in [-0.15, -0.1) is 0 Å². The first-order valence-corrected chi connectivity index (χ1v) is 6.97. The highest BCUT2D eigenvalue weighted by Crippen LogP contribution is 2.42. The average molecular weight is 332 g/mol. The van der Waals surface area contributed by atoms with Crippen LogP contribution in [0.4, 0.5) is 29.3 Å². The summed E-state index contributed by atoms with van der Waals surface area (Å²) in [7, 11) is 0. The molecule has 9 heteroatoms. The van der Waals surface area contributed by atoms with E-state index in [0.717, 1.165) is 11.8 Å². The third kappa shape index (κ3) is 3.94. The van der Waals surface area contributed by atoms with Gasteiger partial charge in [-0.2, -0.15) is 13.2 Å². The van der Waals surface area contributed by atoms with E-state index in [1.165, 1.54) is 0 Å². The van der Waals surface area contributed by atoms with E-state index in [0.29, 0.717) is 22.3 Å². The molecular formula is C13H11F3N2O3S. The minimum absolute atomic E-state index is 0.0746. The van der Waals surface area contributed by atoms with E-state index in [1.807, 2.05) is 0 Å². The largest absolute Gasteiger partial charge is 0.454 e. The van der Waals surface area contributed by atoms with Gasteiger partial charge in [-0.05, 0) is 25.1 Å². The molecule has 22 heavy (non-hydrogen) atoms. The van der Waals surface area contributed by atoms with Gasteiger partial charge in [-0.3, -0.25) is 10.1 Å². The molecule has 1 aliphatic rings. The van der Waals surface area contributed by atoms with Crippen molar-refractivity contribution in [3.8, 4) is 0 Å². The molecule has 118 valence electrons. The van der Waals surface area contributed by atoms with E-state index < -0.39 is 18.1 Å². The van der Waals surface area contributed by atoms with E-state index in [4.69, 9.17) is 4.74 Å². The van der Waals surface area contributed by atoms with Crippen LogP contribution >= 0.6 is 11.8 Å². The molecule has 0 unspecified atom stereocenters. The average Bonchev–Trinajstić information content (AvgIpc) is 2.79. The zero-order valence-electron chi connectivity index (χ0n) is 11.3. The number of amides is 1. The summed E-state index contributed by atoms with van der Waals surface area (Å²) in [6.45, 7) is 1.89. The van der Waals surface area contributed by atoms with Gasteiger partial charge in [-0.1, -0.05) is 11.8 Å². The van der Waals surface area contributed by atoms with Crippen molar-refractivity contribution >= 4 is 35.0 Å². The predicted octanol–water partition coefficient (Wildman–Crippen LogP) is 3.75. The van der Waals surface area contributed by atoms with Gasteiger partial charge in [-0.25, -0.2) is 4.79 Å². The summed E-state index contributed by atoms with van der Waals surface area (Å²) >= 11 is 0.972. The maximum atomic E-state index is 12.2. The molecule has 0 saturated carbocycles. The Hall–Kier alpha value is -2.16. The summed E-state index contributed by atoms with van der Waals surface area (Å²) in [6.07, 6.45) is -5.02. The van der Waals surface area contributed by atoms with E-state index in [-0.39, 0.29) is 11.6 Å². The molecule has 0 radical (unpaired) electrons. The van der Waals surface area contributed by atoms with Gasteiger partial charge >= 0.3 is 12.3 Å². The minimum Gasteiger partial charge on any atom is -0.450 e. The molecular weight excluding hydrogens is 321 g/mol. The Labute approximate surface area is 127 Å². The Morgan fingerprint density at radius 2 is 2.14 bits per heavy atom. The fourth-order valence-electron chi connectivity index (χ4n) is 1.62. The maximum Gasteiger partial charge on any atom is 0.454 e. The molecule has 0 fully saturated rings. The van der Waals surface area contributed by atoms with Crippen LogP contribution in [0.5, 0.6) is 0 Å². The molecule has 0 aromatic heterocycles. The molecule has 1 aromatic rings. The van der Waals surface area contributed by atoms with Crippen molar-refractivity contribution in [3.05, 3.63) is 29.3 Å². The van der Waals surface area contributed by atoms with Gasteiger partial charge in [0.1, 0.15) is 0 Å². The quantitative estimate of drug-likeness (QED) is 0.825. The van der Waals surface area contributed by atoms with Gasteiger partial charge < -0.3 is 10.1 Å². The molecule has 0 saturated heterocycles. The number of thioether (sulfide) groups is 1. The van der Waals surface area contributed by atoms with Gasteiger partial charge in [0, 0.05) is 16.7 Å². The third-order valence-electron chi connectivity index (χ3n) is 2.52. The number of ketones is 1. The number of fused-ring (bicyclic) bond motifs is 1. The number of hydrogen-bond acceptors (Lipinski definition) is 5. The number of ether oxygens (including phenoxy) is 1. The second-order valence-electron chi connectivity index (χ2n) is 4.15. The van der Waals surface area contributed by atoms with E-state index in [2.05, 4.69) is 10.6 Å². The summed E-state index contributed by atoms with van der Waals surface area (Å²) in [5.74, 6) is -1.93. The third-order valence-corrected chi connectivity index (χ3v) is 3.52. The first kappa shape index (κ1) is 16.2. The summed E-state index contributed by atoms with van der Waals surface area (Å²) in [4.78, 5) is 22.8. The maximum absolute atomic E-state index is 12.2. The number of halogens is 3. The summed E-state index contributed by atoms with van der Waals surface area (Å²) in [5.41, 5.74) is 0.996. The van der Waals surface area contributed by atoms with Crippen molar-refractivity contribution in [2.45, 2.75) is 18.0 Å². The lowest BCUT2D eigenvalue weighted by Gasteiger charge is -2.06.